The Morgan fingerprint density at radius 3 is 2.44 bits per heavy atom. The minimum atomic E-state index is -0.650. The number of anilines is 1. The maximum absolute atomic E-state index is 13.8. The fourth-order valence-corrected chi connectivity index (χ4v) is 4.97. The highest BCUT2D eigenvalue weighted by Crippen LogP contribution is 2.32. The van der Waals surface area contributed by atoms with Crippen LogP contribution >= 0.6 is 0 Å². The van der Waals surface area contributed by atoms with Crippen molar-refractivity contribution >= 4 is 17.5 Å². The minimum Gasteiger partial charge on any atom is -0.344 e. The summed E-state index contributed by atoms with van der Waals surface area (Å²) in [5.74, 6) is 0.722. The van der Waals surface area contributed by atoms with Crippen LogP contribution in [-0.2, 0) is 22.6 Å². The van der Waals surface area contributed by atoms with E-state index >= 15 is 0 Å². The largest absolute Gasteiger partial charge is 0.344 e. The Hall–Kier alpha value is -4.30. The van der Waals surface area contributed by atoms with Gasteiger partial charge in [-0.3, -0.25) is 9.59 Å². The third-order valence-corrected chi connectivity index (χ3v) is 6.79. The standard InChI is InChI=1S/C31H33N5O3/c1-20-33-29(39-35-20)25-10-6-5-9-24(25)22-14-12-21(13-15-22)19-36-27-11-7-4-8-23(27)16-17-26(30(36)38)34-28(37)18-31(2,3)32/h4-15,26H,16-19,32H2,1-3H3,(H,34,37)/t26-/m1/s1. The highest BCUT2D eigenvalue weighted by molar-refractivity contribution is 6.00. The van der Waals surface area contributed by atoms with Gasteiger partial charge in [0, 0.05) is 23.2 Å². The number of aryl methyl sites for hydroxylation is 2. The van der Waals surface area contributed by atoms with Crippen molar-refractivity contribution in [2.24, 2.45) is 5.73 Å². The van der Waals surface area contributed by atoms with Gasteiger partial charge in [-0.25, -0.2) is 0 Å². The van der Waals surface area contributed by atoms with Crippen molar-refractivity contribution < 1.29 is 14.1 Å². The zero-order valence-electron chi connectivity index (χ0n) is 22.5. The van der Waals surface area contributed by atoms with Crippen LogP contribution in [0.15, 0.2) is 77.3 Å². The average molecular weight is 524 g/mol. The summed E-state index contributed by atoms with van der Waals surface area (Å²) in [6.45, 7) is 5.78. The molecule has 3 N–H and O–H groups in total. The van der Waals surface area contributed by atoms with Crippen LogP contribution in [0.25, 0.3) is 22.6 Å². The van der Waals surface area contributed by atoms with E-state index in [0.29, 0.717) is 31.1 Å². The normalized spacial score (nSPS) is 15.5. The fraction of sp³-hybridized carbons (Fsp3) is 0.290. The molecule has 39 heavy (non-hydrogen) atoms. The van der Waals surface area contributed by atoms with Gasteiger partial charge < -0.3 is 20.5 Å². The quantitative estimate of drug-likeness (QED) is 0.360. The van der Waals surface area contributed by atoms with Gasteiger partial charge in [0.1, 0.15) is 6.04 Å². The van der Waals surface area contributed by atoms with Gasteiger partial charge >= 0.3 is 0 Å². The van der Waals surface area contributed by atoms with E-state index < -0.39 is 11.6 Å². The molecule has 200 valence electrons. The first kappa shape index (κ1) is 26.3. The zero-order valence-corrected chi connectivity index (χ0v) is 22.5. The Morgan fingerprint density at radius 2 is 1.74 bits per heavy atom. The van der Waals surface area contributed by atoms with E-state index in [-0.39, 0.29) is 18.2 Å². The molecule has 1 aromatic heterocycles. The molecule has 8 nitrogen and oxygen atoms in total. The molecule has 8 heteroatoms. The molecule has 4 aromatic rings. The number of benzene rings is 3. The van der Waals surface area contributed by atoms with Gasteiger partial charge in [-0.05, 0) is 68.0 Å². The smallest absolute Gasteiger partial charge is 0.258 e. The van der Waals surface area contributed by atoms with Gasteiger partial charge in [0.05, 0.1) is 6.54 Å². The van der Waals surface area contributed by atoms with Gasteiger partial charge in [0.25, 0.3) is 5.89 Å². The number of rotatable bonds is 7. The van der Waals surface area contributed by atoms with Crippen LogP contribution < -0.4 is 16.0 Å². The summed E-state index contributed by atoms with van der Waals surface area (Å²) in [4.78, 5) is 32.6. The molecule has 2 amide bonds. The van der Waals surface area contributed by atoms with E-state index in [2.05, 4.69) is 15.5 Å². The number of aromatic nitrogens is 2. The van der Waals surface area contributed by atoms with Crippen molar-refractivity contribution in [2.75, 3.05) is 4.90 Å². The summed E-state index contributed by atoms with van der Waals surface area (Å²) in [5.41, 5.74) is 11.2. The molecular weight excluding hydrogens is 490 g/mol. The van der Waals surface area contributed by atoms with Crippen LogP contribution in [0.2, 0.25) is 0 Å². The van der Waals surface area contributed by atoms with Crippen LogP contribution in [0.3, 0.4) is 0 Å². The second kappa shape index (κ2) is 10.8. The minimum absolute atomic E-state index is 0.121. The lowest BCUT2D eigenvalue weighted by Gasteiger charge is -2.27. The molecule has 3 aromatic carbocycles. The lowest BCUT2D eigenvalue weighted by molar-refractivity contribution is -0.128. The molecule has 0 saturated heterocycles. The molecule has 0 spiro atoms. The molecular formula is C31H33N5O3. The monoisotopic (exact) mass is 523 g/mol. The van der Waals surface area contributed by atoms with Crippen molar-refractivity contribution in [3.63, 3.8) is 0 Å². The van der Waals surface area contributed by atoms with E-state index in [1.165, 1.54) is 0 Å². The van der Waals surface area contributed by atoms with Crippen molar-refractivity contribution in [1.29, 1.82) is 0 Å². The molecule has 0 aliphatic carbocycles. The Labute approximate surface area is 228 Å². The van der Waals surface area contributed by atoms with Gasteiger partial charge in [-0.2, -0.15) is 4.98 Å². The van der Waals surface area contributed by atoms with Crippen LogP contribution in [0.4, 0.5) is 5.69 Å². The molecule has 1 aliphatic rings. The number of carbonyl (C=O) groups is 2. The molecule has 0 saturated carbocycles. The molecule has 1 aliphatic heterocycles. The van der Waals surface area contributed by atoms with Crippen LogP contribution in [0.5, 0.6) is 0 Å². The number of hydrogen-bond acceptors (Lipinski definition) is 6. The number of hydrogen-bond donors (Lipinski definition) is 2. The second-order valence-corrected chi connectivity index (χ2v) is 10.8. The summed E-state index contributed by atoms with van der Waals surface area (Å²) < 4.78 is 5.42. The third-order valence-electron chi connectivity index (χ3n) is 6.79. The topological polar surface area (TPSA) is 114 Å². The number of fused-ring (bicyclic) bond motifs is 1. The maximum atomic E-state index is 13.8. The number of nitrogens with one attached hydrogen (secondary N) is 1. The van der Waals surface area contributed by atoms with Gasteiger partial charge in [-0.1, -0.05) is 65.8 Å². The van der Waals surface area contributed by atoms with Crippen molar-refractivity contribution in [3.8, 4) is 22.6 Å². The van der Waals surface area contributed by atoms with Gasteiger partial charge in [0.15, 0.2) is 5.82 Å². The summed E-state index contributed by atoms with van der Waals surface area (Å²) in [6, 6.07) is 23.3. The van der Waals surface area contributed by atoms with Gasteiger partial charge in [-0.15, -0.1) is 0 Å². The van der Waals surface area contributed by atoms with Crippen LogP contribution in [0, 0.1) is 6.92 Å². The summed E-state index contributed by atoms with van der Waals surface area (Å²) in [7, 11) is 0. The predicted octanol–water partition coefficient (Wildman–Crippen LogP) is 4.80. The summed E-state index contributed by atoms with van der Waals surface area (Å²) in [5, 5.41) is 6.87. The molecule has 0 radical (unpaired) electrons. The van der Waals surface area contributed by atoms with Crippen molar-refractivity contribution in [3.05, 3.63) is 89.7 Å². The first-order valence-corrected chi connectivity index (χ1v) is 13.1. The van der Waals surface area contributed by atoms with Crippen molar-refractivity contribution in [1.82, 2.24) is 15.5 Å². The predicted molar refractivity (Wildman–Crippen MR) is 151 cm³/mol. The number of nitrogens with two attached hydrogens (primary N) is 1. The molecule has 0 fully saturated rings. The Morgan fingerprint density at radius 1 is 1.05 bits per heavy atom. The summed E-state index contributed by atoms with van der Waals surface area (Å²) >= 11 is 0. The number of amides is 2. The Kier molecular flexibility index (Phi) is 7.30. The average Bonchev–Trinajstić information content (AvgIpc) is 3.30. The highest BCUT2D eigenvalue weighted by atomic mass is 16.5. The first-order valence-electron chi connectivity index (χ1n) is 13.1. The van der Waals surface area contributed by atoms with Crippen LogP contribution in [0.1, 0.15) is 43.6 Å². The van der Waals surface area contributed by atoms with E-state index in [0.717, 1.165) is 33.5 Å². The van der Waals surface area contributed by atoms with E-state index in [4.69, 9.17) is 10.3 Å². The Bertz CT molecular complexity index is 1490. The summed E-state index contributed by atoms with van der Waals surface area (Å²) in [6.07, 6.45) is 1.38. The van der Waals surface area contributed by atoms with Crippen molar-refractivity contribution in [2.45, 2.75) is 58.2 Å². The SMILES string of the molecule is Cc1noc(-c2ccccc2-c2ccc(CN3C(=O)[C@H](NC(=O)CC(C)(C)N)CCc4ccccc43)cc2)n1. The number of carbonyl (C=O) groups excluding carboxylic acids is 2. The molecule has 0 bridgehead atoms. The highest BCUT2D eigenvalue weighted by Gasteiger charge is 2.32. The molecule has 0 unspecified atom stereocenters. The molecule has 2 heterocycles. The number of nitrogens with zero attached hydrogens (tertiary/aromatic N) is 3. The molecule has 5 rings (SSSR count). The lowest BCUT2D eigenvalue weighted by atomic mass is 9.98. The van der Waals surface area contributed by atoms with Crippen LogP contribution in [-0.4, -0.2) is 33.5 Å². The lowest BCUT2D eigenvalue weighted by Crippen LogP contribution is -2.49. The first-order chi connectivity index (χ1) is 18.7. The Balaban J connectivity index is 1.40. The zero-order chi connectivity index (χ0) is 27.6. The van der Waals surface area contributed by atoms with E-state index in [9.17, 15) is 9.59 Å². The van der Waals surface area contributed by atoms with E-state index in [1.807, 2.05) is 72.8 Å². The second-order valence-electron chi connectivity index (χ2n) is 10.8. The van der Waals surface area contributed by atoms with E-state index in [1.54, 1.807) is 25.7 Å². The maximum Gasteiger partial charge on any atom is 0.258 e. The third kappa shape index (κ3) is 6.07. The van der Waals surface area contributed by atoms with Gasteiger partial charge in [0.2, 0.25) is 11.8 Å². The fourth-order valence-electron chi connectivity index (χ4n) is 4.97. The molecule has 1 atom stereocenters. The number of para-hydroxylation sites is 1.